The van der Waals surface area contributed by atoms with Crippen molar-refractivity contribution in [1.29, 1.82) is 0 Å². The molecule has 0 aromatic heterocycles. The van der Waals surface area contributed by atoms with Crippen LogP contribution >= 0.6 is 0 Å². The molecule has 37 heteroatoms. The van der Waals surface area contributed by atoms with Crippen LogP contribution in [0, 0.1) is 0 Å². The number of rotatable bonds is 0. The first-order valence-electron chi connectivity index (χ1n) is 2.00. The number of hydrogen-bond acceptors (Lipinski definition) is 12. The molecule has 36 N–H and O–H groups in total. The predicted molar refractivity (Wildman–Crippen MR) is 117 cm³/mol. The Labute approximate surface area is 256 Å². The van der Waals surface area contributed by atoms with Crippen molar-refractivity contribution in [3.05, 3.63) is 73.8 Å². The van der Waals surface area contributed by atoms with Gasteiger partial charge in [-0.15, -0.1) is 0 Å². The van der Waals surface area contributed by atoms with Crippen LogP contribution in [0.1, 0.15) is 0 Å². The second-order valence-corrected chi connectivity index (χ2v) is 3.67. The van der Waals surface area contributed by atoms with Crippen LogP contribution in [0.2, 0.25) is 0 Å². The van der Waals surface area contributed by atoms with Gasteiger partial charge in [0.25, 0.3) is 0 Å². The van der Waals surface area contributed by atoms with E-state index in [9.17, 15) is 0 Å². The second kappa shape index (κ2) is 133. The van der Waals surface area contributed by atoms with E-state index in [0.717, 1.165) is 0 Å². The van der Waals surface area contributed by atoms with Crippen molar-refractivity contribution in [2.75, 3.05) is 0 Å². The molecule has 0 aliphatic rings. The molecule has 0 aromatic rings. The second-order valence-electron chi connectivity index (χ2n) is 1.22. The fourth-order valence-corrected chi connectivity index (χ4v) is 0. The van der Waals surface area contributed by atoms with Gasteiger partial charge in [-0.3, -0.25) is 25.3 Å². The zero-order chi connectivity index (χ0) is 13.5. The summed E-state index contributed by atoms with van der Waals surface area (Å²) >= 11 is 0. The molecule has 0 spiro atoms. The van der Waals surface area contributed by atoms with Crippen LogP contribution in [0.15, 0.2) is 0 Å². The van der Waals surface area contributed by atoms with E-state index in [1.54, 1.807) is 0 Å². The predicted octanol–water partition coefficient (Wildman–Crippen LogP) is -0.367. The molecule has 0 aliphatic carbocycles. The minimum absolute atomic E-state index is 0. The summed E-state index contributed by atoms with van der Waals surface area (Å²) in [5.41, 5.74) is 0. The van der Waals surface area contributed by atoms with Gasteiger partial charge < -0.3 is 134 Å². The molecule has 0 fully saturated rings. The van der Waals surface area contributed by atoms with Gasteiger partial charge in [0.05, 0.1) is 0 Å². The largest absolute Gasteiger partial charge is 2.00 e. The van der Waals surface area contributed by atoms with Crippen LogP contribution in [0.4, 0.5) is 0 Å². The first-order chi connectivity index (χ1) is 6.00. The van der Waals surface area contributed by atoms with E-state index in [-0.39, 0.29) is 174 Å². The summed E-state index contributed by atoms with van der Waals surface area (Å²) < 4.78 is 102. The Kier molecular flexibility index (Phi) is 1110. The molecule has 37 heavy (non-hydrogen) atoms. The van der Waals surface area contributed by atoms with E-state index >= 15 is 0 Å². The summed E-state index contributed by atoms with van der Waals surface area (Å²) in [7, 11) is -15.5. The van der Waals surface area contributed by atoms with Gasteiger partial charge in [0.15, 0.2) is 0 Å². The molecule has 270 valence electrons. The van der Waals surface area contributed by atoms with E-state index in [2.05, 4.69) is 0 Å². The maximum atomic E-state index is 8.52. The molecule has 0 aliphatic heterocycles. The van der Waals surface area contributed by atoms with Gasteiger partial charge in [0, 0.05) is 48.0 Å². The quantitative estimate of drug-likeness (QED) is 0.223. The Morgan fingerprint density at radius 2 is 0.270 bits per heavy atom. The molecular weight excluding hydrogens is 788 g/mol. The van der Waals surface area contributed by atoms with Crippen molar-refractivity contribution in [3.63, 3.8) is 0 Å². The normalized spacial score (nSPS) is 4.70. The molecule has 30 nitrogen and oxygen atoms in total. The molecular formula is H36Co4N12O18S3-12. The molecule has 0 heterocycles. The summed E-state index contributed by atoms with van der Waals surface area (Å²) in [6.45, 7) is 0. The number of hydrogen-bond donors (Lipinski definition) is 0. The van der Waals surface area contributed by atoms with Gasteiger partial charge in [-0.2, -0.15) is 0 Å². The minimum atomic E-state index is -5.17. The van der Waals surface area contributed by atoms with Crippen molar-refractivity contribution in [1.82, 2.24) is 0 Å². The van der Waals surface area contributed by atoms with Crippen molar-refractivity contribution >= 4 is 31.2 Å². The maximum Gasteiger partial charge on any atom is 2.00 e. The van der Waals surface area contributed by atoms with E-state index in [1.807, 2.05) is 0 Å². The summed E-state index contributed by atoms with van der Waals surface area (Å²) in [6.07, 6.45) is 0. The van der Waals surface area contributed by atoms with E-state index < -0.39 is 31.2 Å². The number of nitrogens with two attached hydrogens (primary N) is 12. The summed E-state index contributed by atoms with van der Waals surface area (Å²) in [6, 6.07) is 0. The van der Waals surface area contributed by atoms with Crippen molar-refractivity contribution in [2.24, 2.45) is 0 Å². The standard InChI is InChI=1S/4Co.12H2N.3H2O4S.6H2O/c;;;;;;;;;;;;;;;;3*1-5(2,3)4;;;;;;/h;;;;12*1H2;3*(H2,1,2,3,4);6*1H2/q;3*+2;12*-1;;;;;;;;;/p-6. The molecule has 0 unspecified atom stereocenters. The van der Waals surface area contributed by atoms with Crippen molar-refractivity contribution in [2.45, 2.75) is 0 Å². The van der Waals surface area contributed by atoms with Crippen molar-refractivity contribution in [3.8, 4) is 0 Å². The third-order valence-electron chi connectivity index (χ3n) is 0. The topological polar surface area (TPSA) is 832 Å². The summed E-state index contributed by atoms with van der Waals surface area (Å²) in [5, 5.41) is 0. The molecule has 0 saturated carbocycles. The zero-order valence-corrected chi connectivity index (χ0v) is 24.0. The van der Waals surface area contributed by atoms with Crippen molar-refractivity contribution < 1.29 is 153 Å². The molecule has 0 amide bonds. The van der Waals surface area contributed by atoms with Gasteiger partial charge in [0.1, 0.15) is 0 Å². The van der Waals surface area contributed by atoms with Gasteiger partial charge in [-0.25, -0.2) is 0 Å². The van der Waals surface area contributed by atoms with Crippen LogP contribution in [0.3, 0.4) is 0 Å². The maximum absolute atomic E-state index is 8.52. The van der Waals surface area contributed by atoms with E-state index in [0.29, 0.717) is 0 Å². The Hall–Kier alpha value is 0.916. The van der Waals surface area contributed by atoms with Gasteiger partial charge >= 0.3 is 50.3 Å². The molecule has 0 aromatic carbocycles. The molecule has 0 saturated heterocycles. The Balaban J connectivity index is -0.00000000196. The molecule has 0 atom stereocenters. The third-order valence-corrected chi connectivity index (χ3v) is 0. The Morgan fingerprint density at radius 1 is 0.270 bits per heavy atom. The average molecular weight is 824 g/mol. The monoisotopic (exact) mass is 824 g/mol. The molecule has 4 radical (unpaired) electrons. The summed E-state index contributed by atoms with van der Waals surface area (Å²) in [5.74, 6) is 0. The first kappa shape index (κ1) is 310. The SMILES string of the molecule is O.O.O.O.O.O.O=S(=O)([O-])[O-].O=S(=O)([O-])[O-].O=S(=O)([O-])[O-].[Co+2].[Co+2].[Co+2].[Co].[NH2-].[NH2-].[NH2-].[NH2-].[NH2-].[NH2-].[NH2-].[NH2-].[NH2-].[NH2-].[NH2-].[NH2-]. The van der Waals surface area contributed by atoms with Crippen LogP contribution in [-0.4, -0.2) is 85.4 Å². The van der Waals surface area contributed by atoms with Gasteiger partial charge in [-0.05, 0) is 0 Å². The van der Waals surface area contributed by atoms with Gasteiger partial charge in [-0.1, -0.05) is 0 Å². The summed E-state index contributed by atoms with van der Waals surface area (Å²) in [4.78, 5) is 0. The Morgan fingerprint density at radius 3 is 0.270 bits per heavy atom. The zero-order valence-electron chi connectivity index (χ0n) is 17.4. The van der Waals surface area contributed by atoms with Crippen LogP contribution in [0.25, 0.3) is 73.8 Å². The van der Waals surface area contributed by atoms with Crippen LogP contribution in [0.5, 0.6) is 0 Å². The van der Waals surface area contributed by atoms with E-state index in [1.165, 1.54) is 0 Å². The Bertz CT molecular complexity index is 383. The average Bonchev–Trinajstić information content (AvgIpc) is 1.41. The van der Waals surface area contributed by atoms with Gasteiger partial charge in [0.2, 0.25) is 0 Å². The van der Waals surface area contributed by atoms with Crippen LogP contribution in [-0.2, 0) is 98.3 Å². The fourth-order valence-electron chi connectivity index (χ4n) is 0. The van der Waals surface area contributed by atoms with E-state index in [4.69, 9.17) is 52.6 Å². The first-order valence-corrected chi connectivity index (χ1v) is 6.00. The third kappa shape index (κ3) is 53600. The minimum Gasteiger partial charge on any atom is -0.759 e. The smallest absolute Gasteiger partial charge is 0.759 e. The molecule has 0 bridgehead atoms. The molecule has 0 rings (SSSR count). The fraction of sp³-hybridized carbons (Fsp3) is 0. The van der Waals surface area contributed by atoms with Crippen LogP contribution < -0.4 is 0 Å².